The van der Waals surface area contributed by atoms with E-state index in [9.17, 15) is 9.90 Å². The van der Waals surface area contributed by atoms with E-state index in [1.165, 1.54) is 46.8 Å². The first-order valence-corrected chi connectivity index (χ1v) is 19.4. The molecular formula is C43H57IrN4O2S-. The summed E-state index contributed by atoms with van der Waals surface area (Å²) in [6, 6.07) is 12.6. The van der Waals surface area contributed by atoms with Gasteiger partial charge in [0.15, 0.2) is 5.78 Å². The minimum Gasteiger partial charge on any atom is -0.512 e. The Balaban J connectivity index is 0.000000255. The van der Waals surface area contributed by atoms with Crippen LogP contribution in [0.2, 0.25) is 0 Å². The van der Waals surface area contributed by atoms with Gasteiger partial charge < -0.3 is 9.67 Å². The fraction of sp³-hybridized carbons (Fsp3) is 0.535. The van der Waals surface area contributed by atoms with Crippen molar-refractivity contribution < 1.29 is 30.0 Å². The molecule has 0 amide bonds. The largest absolute Gasteiger partial charge is 0.512 e. The summed E-state index contributed by atoms with van der Waals surface area (Å²) >= 11 is 1.72. The Morgan fingerprint density at radius 2 is 1.59 bits per heavy atom. The Bertz CT molecular complexity index is 2010. The Morgan fingerprint density at radius 1 is 0.941 bits per heavy atom. The number of allylic oxidation sites excluding steroid dienone is 2. The number of hydrogen-bond donors (Lipinski definition) is 1. The standard InChI is InChI=1S/C26H25N4S.C17H32O2.Ir/c1-15-8-9-16-12-17(13-19(18(16)11-15)26(2,3)4)21-24-22(28-14-27-21)23-25(31-24)29-20-7-5-6-10-30(20)23;1-10(2)16(11(3)4)14(18)9-15(19)17(12(5)6)13(7)8;/h8-9,11,13-14H,5-7,10H2,1-4H3;9-13,16-18H,1-8H3;/q-1;;/b;14-9-;. The number of fused-ring (bicyclic) bond motifs is 6. The molecule has 8 heteroatoms. The molecule has 0 saturated carbocycles. The number of aromatic nitrogens is 4. The van der Waals surface area contributed by atoms with Gasteiger partial charge in [0.25, 0.3) is 0 Å². The van der Waals surface area contributed by atoms with E-state index in [0.717, 1.165) is 44.7 Å². The van der Waals surface area contributed by atoms with Crippen LogP contribution >= 0.6 is 11.3 Å². The predicted octanol–water partition coefficient (Wildman–Crippen LogP) is 11.5. The van der Waals surface area contributed by atoms with Crippen molar-refractivity contribution in [2.75, 3.05) is 0 Å². The van der Waals surface area contributed by atoms with Crippen LogP contribution in [0, 0.1) is 48.5 Å². The van der Waals surface area contributed by atoms with Crippen molar-refractivity contribution in [2.45, 2.75) is 114 Å². The zero-order valence-corrected chi connectivity index (χ0v) is 35.9. The number of aliphatic hydroxyl groups excluding tert-OH is 1. The maximum absolute atomic E-state index is 12.3. The van der Waals surface area contributed by atoms with E-state index in [1.807, 2.05) is 0 Å². The van der Waals surface area contributed by atoms with Crippen LogP contribution in [0.25, 0.3) is 42.6 Å². The van der Waals surface area contributed by atoms with Crippen molar-refractivity contribution in [1.82, 2.24) is 19.5 Å². The molecule has 0 spiro atoms. The van der Waals surface area contributed by atoms with E-state index in [0.29, 0.717) is 23.7 Å². The molecule has 0 saturated heterocycles. The Morgan fingerprint density at radius 3 is 2.20 bits per heavy atom. The summed E-state index contributed by atoms with van der Waals surface area (Å²) < 4.78 is 3.49. The van der Waals surface area contributed by atoms with Crippen LogP contribution < -0.4 is 0 Å². The summed E-state index contributed by atoms with van der Waals surface area (Å²) in [6.07, 6.45) is 6.68. The number of carbonyl (C=O) groups excluding carboxylic acids is 1. The molecule has 0 aliphatic carbocycles. The average Bonchev–Trinajstić information content (AvgIpc) is 3.55. The van der Waals surface area contributed by atoms with Crippen LogP contribution in [-0.2, 0) is 43.3 Å². The normalized spacial score (nSPS) is 14.0. The monoisotopic (exact) mass is 886 g/mol. The van der Waals surface area contributed by atoms with Gasteiger partial charge in [0.05, 0.1) is 5.76 Å². The first kappa shape index (κ1) is 40.8. The second kappa shape index (κ2) is 16.4. The topological polar surface area (TPSA) is 80.9 Å². The van der Waals surface area contributed by atoms with Gasteiger partial charge in [0.2, 0.25) is 0 Å². The van der Waals surface area contributed by atoms with Gasteiger partial charge in [-0.2, -0.15) is 0 Å². The van der Waals surface area contributed by atoms with Gasteiger partial charge in [-0.25, -0.2) is 9.97 Å². The van der Waals surface area contributed by atoms with Crippen molar-refractivity contribution in [2.24, 2.45) is 35.5 Å². The molecule has 0 unspecified atom stereocenters. The third kappa shape index (κ3) is 8.66. The zero-order valence-electron chi connectivity index (χ0n) is 32.6. The van der Waals surface area contributed by atoms with Crippen LogP contribution in [0.1, 0.15) is 106 Å². The van der Waals surface area contributed by atoms with Crippen molar-refractivity contribution in [1.29, 1.82) is 0 Å². The quantitative estimate of drug-likeness (QED) is 0.0954. The van der Waals surface area contributed by atoms with Crippen molar-refractivity contribution in [3.8, 4) is 11.3 Å². The van der Waals surface area contributed by atoms with Crippen LogP contribution in [0.4, 0.5) is 0 Å². The molecule has 0 atom stereocenters. The molecule has 51 heavy (non-hydrogen) atoms. The first-order chi connectivity index (χ1) is 23.5. The van der Waals surface area contributed by atoms with E-state index in [4.69, 9.17) is 15.0 Å². The summed E-state index contributed by atoms with van der Waals surface area (Å²) in [5.41, 5.74) is 6.83. The summed E-state index contributed by atoms with van der Waals surface area (Å²) in [5.74, 6) is 2.83. The number of hydrogen-bond acceptors (Lipinski definition) is 6. The van der Waals surface area contributed by atoms with Gasteiger partial charge in [-0.1, -0.05) is 105 Å². The average molecular weight is 886 g/mol. The maximum atomic E-state index is 12.3. The number of thiophene rings is 1. The number of rotatable bonds is 8. The second-order valence-corrected chi connectivity index (χ2v) is 17.7. The van der Waals surface area contributed by atoms with Gasteiger partial charge in [-0.3, -0.25) is 9.78 Å². The maximum Gasteiger partial charge on any atom is 0.162 e. The molecule has 2 aromatic carbocycles. The number of imidazole rings is 1. The smallest absolute Gasteiger partial charge is 0.162 e. The molecule has 0 fully saturated rings. The third-order valence-electron chi connectivity index (χ3n) is 10.2. The van der Waals surface area contributed by atoms with E-state index in [-0.39, 0.29) is 48.9 Å². The Hall–Kier alpha value is -2.93. The van der Waals surface area contributed by atoms with E-state index in [2.05, 4.69) is 118 Å². The molecule has 277 valence electrons. The molecular weight excluding hydrogens is 829 g/mol. The van der Waals surface area contributed by atoms with Crippen LogP contribution in [0.15, 0.2) is 42.4 Å². The van der Waals surface area contributed by atoms with Crippen LogP contribution in [0.5, 0.6) is 0 Å². The molecule has 1 aliphatic rings. The zero-order chi connectivity index (χ0) is 36.7. The van der Waals surface area contributed by atoms with Gasteiger partial charge in [0, 0.05) is 61.4 Å². The predicted molar refractivity (Wildman–Crippen MR) is 211 cm³/mol. The minimum atomic E-state index is -0.0119. The molecule has 1 radical (unpaired) electrons. The second-order valence-electron chi connectivity index (χ2n) is 16.7. The number of carbonyl (C=O) groups is 1. The molecule has 0 bridgehead atoms. The van der Waals surface area contributed by atoms with Crippen LogP contribution in [-0.4, -0.2) is 30.4 Å². The van der Waals surface area contributed by atoms with E-state index < -0.39 is 0 Å². The van der Waals surface area contributed by atoms with Gasteiger partial charge in [0.1, 0.15) is 28.0 Å². The van der Waals surface area contributed by atoms with Gasteiger partial charge in [-0.15, -0.1) is 40.5 Å². The Kier molecular flexibility index (Phi) is 13.1. The summed E-state index contributed by atoms with van der Waals surface area (Å²) in [4.78, 5) is 27.8. The number of aliphatic hydroxyl groups is 1. The first-order valence-electron chi connectivity index (χ1n) is 18.5. The van der Waals surface area contributed by atoms with E-state index in [1.54, 1.807) is 17.7 Å². The van der Waals surface area contributed by atoms with E-state index >= 15 is 0 Å². The molecule has 4 heterocycles. The molecule has 1 N–H and O–H groups in total. The molecule has 6 rings (SSSR count). The van der Waals surface area contributed by atoms with Crippen molar-refractivity contribution in [3.05, 3.63) is 65.4 Å². The number of ketones is 1. The summed E-state index contributed by atoms with van der Waals surface area (Å²) in [5, 5.41) is 12.7. The number of benzene rings is 2. The van der Waals surface area contributed by atoms with Gasteiger partial charge in [-0.05, 0) is 48.9 Å². The van der Waals surface area contributed by atoms with Crippen LogP contribution in [0.3, 0.4) is 0 Å². The summed E-state index contributed by atoms with van der Waals surface area (Å²) in [6.45, 7) is 26.6. The summed E-state index contributed by atoms with van der Waals surface area (Å²) in [7, 11) is 0. The van der Waals surface area contributed by atoms with Crippen molar-refractivity contribution >= 4 is 48.5 Å². The third-order valence-corrected chi connectivity index (χ3v) is 11.3. The molecule has 3 aromatic heterocycles. The van der Waals surface area contributed by atoms with Gasteiger partial charge >= 0.3 is 0 Å². The Labute approximate surface area is 322 Å². The fourth-order valence-corrected chi connectivity index (χ4v) is 9.20. The number of aryl methyl sites for hydroxylation is 3. The molecule has 6 nitrogen and oxygen atoms in total. The van der Waals surface area contributed by atoms with Crippen molar-refractivity contribution in [3.63, 3.8) is 0 Å². The SMILES string of the molecule is CC(C)C(C(=O)/C=C(\O)C(C(C)C)C(C)C)C(C)C.Cc1ccc2[c-]c(-c3ncnc4c3sc3nc5n(c34)CCCC5)cc(C(C)(C)C)c2c1.[Ir]. The minimum absolute atomic E-state index is 0. The number of nitrogens with zero attached hydrogens (tertiary/aromatic N) is 4. The molecule has 1 aliphatic heterocycles. The fourth-order valence-electron chi connectivity index (χ4n) is 8.05. The molecule has 5 aromatic rings.